The Kier molecular flexibility index (Phi) is 11.6. The zero-order valence-corrected chi connectivity index (χ0v) is 12.0. The third-order valence-electron chi connectivity index (χ3n) is 2.44. The second-order valence-electron chi connectivity index (χ2n) is 5.51. The van der Waals surface area contributed by atoms with E-state index in [4.69, 9.17) is 5.21 Å². The topological polar surface area (TPSA) is 77.0 Å². The largest absolute Gasteiger partial charge is 0.550 e. The molecule has 0 heterocycles. The molecule has 1 atom stereocenters. The van der Waals surface area contributed by atoms with Crippen molar-refractivity contribution in [1.29, 1.82) is 0 Å². The minimum Gasteiger partial charge on any atom is -0.550 e. The standard InChI is InChI=1S/C8H16O2.C5H13NO/c1-3-5-6-7(4-2)8(9)10;1-5(2,3)4-6-7/h7H,3-6H2,1-2H3,(H,9,10);6-7H,4H2,1-3H3. The average molecular weight is 247 g/mol. The second kappa shape index (κ2) is 10.5. The van der Waals surface area contributed by atoms with Crippen molar-refractivity contribution in [2.24, 2.45) is 11.3 Å². The van der Waals surface area contributed by atoms with Crippen LogP contribution in [0.4, 0.5) is 0 Å². The van der Waals surface area contributed by atoms with E-state index in [0.717, 1.165) is 25.8 Å². The number of nitrogens with two attached hydrogens (primary N) is 1. The molecular weight excluding hydrogens is 218 g/mol. The van der Waals surface area contributed by atoms with E-state index in [0.29, 0.717) is 6.42 Å². The highest BCUT2D eigenvalue weighted by Gasteiger charge is 2.10. The molecule has 4 nitrogen and oxygen atoms in total. The molecule has 0 radical (unpaired) electrons. The average Bonchev–Trinajstić information content (AvgIpc) is 2.17. The number of unbranched alkanes of at least 4 members (excludes halogenated alkanes) is 1. The van der Waals surface area contributed by atoms with E-state index in [-0.39, 0.29) is 11.3 Å². The Labute approximate surface area is 105 Å². The summed E-state index contributed by atoms with van der Waals surface area (Å²) < 4.78 is 0. The molecule has 0 rings (SSSR count). The Morgan fingerprint density at radius 1 is 1.35 bits per heavy atom. The van der Waals surface area contributed by atoms with Crippen LogP contribution in [0.3, 0.4) is 0 Å². The molecule has 104 valence electrons. The Balaban J connectivity index is 0. The Bertz CT molecular complexity index is 188. The van der Waals surface area contributed by atoms with Crippen molar-refractivity contribution < 1.29 is 20.6 Å². The number of hydrogen-bond donors (Lipinski definition) is 2. The zero-order valence-electron chi connectivity index (χ0n) is 12.0. The van der Waals surface area contributed by atoms with Crippen LogP contribution in [0.15, 0.2) is 0 Å². The lowest BCUT2D eigenvalue weighted by molar-refractivity contribution is -0.892. The van der Waals surface area contributed by atoms with Gasteiger partial charge in [-0.1, -0.05) is 47.5 Å². The molecule has 4 heteroatoms. The third kappa shape index (κ3) is 15.4. The van der Waals surface area contributed by atoms with Crippen molar-refractivity contribution in [1.82, 2.24) is 0 Å². The molecule has 0 aromatic carbocycles. The van der Waals surface area contributed by atoms with Crippen LogP contribution in [0, 0.1) is 11.3 Å². The van der Waals surface area contributed by atoms with Crippen molar-refractivity contribution in [3.63, 3.8) is 0 Å². The fraction of sp³-hybridized carbons (Fsp3) is 0.923. The van der Waals surface area contributed by atoms with Gasteiger partial charge in [-0.05, 0) is 18.8 Å². The minimum atomic E-state index is -0.893. The fourth-order valence-electron chi connectivity index (χ4n) is 1.21. The molecule has 0 bridgehead atoms. The van der Waals surface area contributed by atoms with Crippen LogP contribution in [0.25, 0.3) is 0 Å². The van der Waals surface area contributed by atoms with Gasteiger partial charge in [0.1, 0.15) is 6.54 Å². The Morgan fingerprint density at radius 2 is 1.88 bits per heavy atom. The number of aliphatic carboxylic acids is 1. The van der Waals surface area contributed by atoms with Crippen LogP contribution in [-0.2, 0) is 4.79 Å². The first kappa shape index (κ1) is 18.7. The maximum atomic E-state index is 10.3. The highest BCUT2D eigenvalue weighted by Crippen LogP contribution is 2.10. The maximum absolute atomic E-state index is 10.3. The van der Waals surface area contributed by atoms with Gasteiger partial charge < -0.3 is 9.90 Å². The summed E-state index contributed by atoms with van der Waals surface area (Å²) in [5.74, 6) is -1.11. The van der Waals surface area contributed by atoms with Crippen molar-refractivity contribution >= 4 is 5.97 Å². The molecule has 0 aliphatic carbocycles. The van der Waals surface area contributed by atoms with Crippen LogP contribution in [0.1, 0.15) is 60.3 Å². The molecule has 0 amide bonds. The van der Waals surface area contributed by atoms with Gasteiger partial charge in [0.05, 0.1) is 0 Å². The molecule has 17 heavy (non-hydrogen) atoms. The Hall–Kier alpha value is -0.610. The van der Waals surface area contributed by atoms with Gasteiger partial charge in [-0.25, -0.2) is 10.7 Å². The highest BCUT2D eigenvalue weighted by molar-refractivity contribution is 5.67. The fourth-order valence-corrected chi connectivity index (χ4v) is 1.21. The molecule has 0 saturated carbocycles. The predicted molar refractivity (Wildman–Crippen MR) is 66.3 cm³/mol. The third-order valence-corrected chi connectivity index (χ3v) is 2.44. The molecule has 0 spiro atoms. The molecule has 0 aromatic heterocycles. The minimum absolute atomic E-state index is 0.222. The van der Waals surface area contributed by atoms with Crippen LogP contribution in [0.5, 0.6) is 0 Å². The van der Waals surface area contributed by atoms with Gasteiger partial charge in [0.15, 0.2) is 0 Å². The van der Waals surface area contributed by atoms with E-state index in [1.54, 1.807) is 0 Å². The lowest BCUT2D eigenvalue weighted by atomic mass is 9.98. The summed E-state index contributed by atoms with van der Waals surface area (Å²) >= 11 is 0. The number of carbonyl (C=O) groups excluding carboxylic acids is 1. The first-order valence-electron chi connectivity index (χ1n) is 6.45. The number of rotatable bonds is 6. The van der Waals surface area contributed by atoms with E-state index < -0.39 is 5.97 Å². The van der Waals surface area contributed by atoms with Crippen molar-refractivity contribution in [3.8, 4) is 0 Å². The SMILES string of the molecule is CC(C)(C)C[NH2+]O.CCCCC(CC)C(=O)[O-]. The van der Waals surface area contributed by atoms with Gasteiger partial charge >= 0.3 is 0 Å². The van der Waals surface area contributed by atoms with Gasteiger partial charge in [0, 0.05) is 11.4 Å². The number of hydrogen-bond acceptors (Lipinski definition) is 3. The maximum Gasteiger partial charge on any atom is 0.110 e. The van der Waals surface area contributed by atoms with Crippen molar-refractivity contribution in [2.45, 2.75) is 60.3 Å². The van der Waals surface area contributed by atoms with Crippen LogP contribution < -0.4 is 10.6 Å². The van der Waals surface area contributed by atoms with Gasteiger partial charge in [-0.2, -0.15) is 0 Å². The van der Waals surface area contributed by atoms with Gasteiger partial charge in [-0.3, -0.25) is 0 Å². The van der Waals surface area contributed by atoms with Crippen molar-refractivity contribution in [2.75, 3.05) is 6.54 Å². The summed E-state index contributed by atoms with van der Waals surface area (Å²) in [6.07, 6.45) is 3.52. The molecule has 3 N–H and O–H groups in total. The molecule has 0 aliphatic heterocycles. The first-order chi connectivity index (χ1) is 7.78. The predicted octanol–water partition coefficient (Wildman–Crippen LogP) is 0.938. The zero-order chi connectivity index (χ0) is 13.9. The van der Waals surface area contributed by atoms with Crippen molar-refractivity contribution in [3.05, 3.63) is 0 Å². The van der Waals surface area contributed by atoms with E-state index >= 15 is 0 Å². The monoisotopic (exact) mass is 247 g/mol. The highest BCUT2D eigenvalue weighted by atomic mass is 16.5. The van der Waals surface area contributed by atoms with E-state index in [9.17, 15) is 9.90 Å². The summed E-state index contributed by atoms with van der Waals surface area (Å²) in [5, 5.41) is 18.6. The van der Waals surface area contributed by atoms with Gasteiger partial charge in [-0.15, -0.1) is 0 Å². The summed E-state index contributed by atoms with van der Waals surface area (Å²) in [6.45, 7) is 11.0. The first-order valence-corrected chi connectivity index (χ1v) is 6.45. The second-order valence-corrected chi connectivity index (χ2v) is 5.51. The number of quaternary nitrogens is 1. The molecule has 0 aromatic rings. The van der Waals surface area contributed by atoms with Crippen LogP contribution in [0.2, 0.25) is 0 Å². The van der Waals surface area contributed by atoms with Crippen LogP contribution in [-0.4, -0.2) is 17.7 Å². The quantitative estimate of drug-likeness (QED) is 0.686. The van der Waals surface area contributed by atoms with E-state index in [2.05, 4.69) is 27.7 Å². The van der Waals surface area contributed by atoms with E-state index in [1.165, 1.54) is 5.48 Å². The number of carbonyl (C=O) groups is 1. The summed E-state index contributed by atoms with van der Waals surface area (Å²) in [4.78, 5) is 10.3. The molecular formula is C13H29NO3. The normalized spacial score (nSPS) is 12.6. The molecule has 0 saturated heterocycles. The molecule has 0 fully saturated rings. The smallest absolute Gasteiger partial charge is 0.110 e. The molecule has 0 aliphatic rings. The van der Waals surface area contributed by atoms with Gasteiger partial charge in [0.2, 0.25) is 0 Å². The molecule has 1 unspecified atom stereocenters. The van der Waals surface area contributed by atoms with Gasteiger partial charge in [0.25, 0.3) is 0 Å². The van der Waals surface area contributed by atoms with Crippen LogP contribution >= 0.6 is 0 Å². The number of carboxylic acids is 1. The van der Waals surface area contributed by atoms with E-state index in [1.807, 2.05) is 6.92 Å². The summed E-state index contributed by atoms with van der Waals surface area (Å²) in [5.41, 5.74) is 1.45. The lowest BCUT2D eigenvalue weighted by Gasteiger charge is -2.14. The Morgan fingerprint density at radius 3 is 2.06 bits per heavy atom. The summed E-state index contributed by atoms with van der Waals surface area (Å²) in [7, 11) is 0. The summed E-state index contributed by atoms with van der Waals surface area (Å²) in [6, 6.07) is 0. The number of carboxylic acid groups (broad SMARTS) is 1. The lowest BCUT2D eigenvalue weighted by Crippen LogP contribution is -2.83. The number of hydroxylamine groups is 1.